The summed E-state index contributed by atoms with van der Waals surface area (Å²) in [6.07, 6.45) is 1.66. The van der Waals surface area contributed by atoms with E-state index in [0.717, 1.165) is 0 Å². The SMILES string of the molecule is CN/C([S-])=N/N=C(C)/C(=N/N=C(\[S-])NC)c1ccccn1.[Cu+2]. The van der Waals surface area contributed by atoms with Crippen LogP contribution in [0.15, 0.2) is 44.8 Å². The van der Waals surface area contributed by atoms with E-state index in [0.29, 0.717) is 17.1 Å². The molecule has 1 heterocycles. The Kier molecular flexibility index (Phi) is 10.2. The maximum Gasteiger partial charge on any atom is 2.00 e. The van der Waals surface area contributed by atoms with Crippen LogP contribution in [0.25, 0.3) is 0 Å². The number of hydrogen-bond donors (Lipinski definition) is 2. The fraction of sp³-hybridized carbons (Fsp3) is 0.250. The molecule has 0 fully saturated rings. The summed E-state index contributed by atoms with van der Waals surface area (Å²) in [6.45, 7) is 1.74. The number of pyridine rings is 1. The second-order valence-electron chi connectivity index (χ2n) is 3.66. The third-order valence-corrected chi connectivity index (χ3v) is 2.78. The molecule has 0 bridgehead atoms. The summed E-state index contributed by atoms with van der Waals surface area (Å²) >= 11 is 9.84. The van der Waals surface area contributed by atoms with Gasteiger partial charge in [-0.05, 0) is 29.4 Å². The molecule has 2 N–H and O–H groups in total. The van der Waals surface area contributed by atoms with Gasteiger partial charge in [0, 0.05) is 20.3 Å². The van der Waals surface area contributed by atoms with Crippen molar-refractivity contribution in [3.8, 4) is 0 Å². The van der Waals surface area contributed by atoms with Crippen molar-refractivity contribution in [1.29, 1.82) is 0 Å². The van der Waals surface area contributed by atoms with E-state index in [4.69, 9.17) is 25.3 Å². The molecule has 1 aromatic rings. The van der Waals surface area contributed by atoms with Gasteiger partial charge in [0.05, 0.1) is 11.4 Å². The van der Waals surface area contributed by atoms with Crippen LogP contribution in [0.1, 0.15) is 12.6 Å². The van der Waals surface area contributed by atoms with Crippen LogP contribution in [0.3, 0.4) is 0 Å². The summed E-state index contributed by atoms with van der Waals surface area (Å²) < 4.78 is 0. The molecular weight excluding hydrogens is 370 g/mol. The summed E-state index contributed by atoms with van der Waals surface area (Å²) in [5, 5.41) is 21.8. The molecule has 10 heteroatoms. The Morgan fingerprint density at radius 1 is 1.00 bits per heavy atom. The van der Waals surface area contributed by atoms with Gasteiger partial charge in [-0.3, -0.25) is 4.98 Å². The van der Waals surface area contributed by atoms with E-state index in [1.54, 1.807) is 33.3 Å². The molecule has 7 nitrogen and oxygen atoms in total. The minimum atomic E-state index is 0. The standard InChI is InChI=1S/C12H17N7S2.Cu/c1-8(16-18-11(20)13-2)10(17-19-12(21)14-3)9-6-4-5-7-15-9;/h4-7H,1-3H3,(H2,13,18,20)(H2,14,19,21);/q;+2/p-2/b16-8+,17-10-;. The first-order valence-corrected chi connectivity index (χ1v) is 6.79. The molecular formula is C12H15CuN7S2. The summed E-state index contributed by atoms with van der Waals surface area (Å²) in [4.78, 5) is 4.23. The van der Waals surface area contributed by atoms with Gasteiger partial charge >= 0.3 is 17.1 Å². The van der Waals surface area contributed by atoms with Crippen LogP contribution in [-0.2, 0) is 42.3 Å². The first-order valence-electron chi connectivity index (χ1n) is 5.97. The number of nitrogens with one attached hydrogen (secondary N) is 2. The molecule has 0 spiro atoms. The van der Waals surface area contributed by atoms with Crippen LogP contribution in [0.4, 0.5) is 0 Å². The largest absolute Gasteiger partial charge is 2.00 e. The number of aromatic nitrogens is 1. The summed E-state index contributed by atoms with van der Waals surface area (Å²) in [5.74, 6) is 0. The first kappa shape index (κ1) is 20.4. The molecule has 0 aliphatic rings. The van der Waals surface area contributed by atoms with E-state index >= 15 is 0 Å². The maximum atomic E-state index is 4.94. The zero-order valence-corrected chi connectivity index (χ0v) is 14.7. The van der Waals surface area contributed by atoms with Crippen molar-refractivity contribution < 1.29 is 17.1 Å². The Labute approximate surface area is 151 Å². The molecule has 0 amide bonds. The van der Waals surface area contributed by atoms with Crippen molar-refractivity contribution in [3.63, 3.8) is 0 Å². The van der Waals surface area contributed by atoms with Gasteiger partial charge in [-0.1, -0.05) is 6.07 Å². The maximum absolute atomic E-state index is 4.94. The van der Waals surface area contributed by atoms with Gasteiger partial charge in [-0.2, -0.15) is 15.3 Å². The number of hydrogen-bond acceptors (Lipinski definition) is 7. The molecule has 1 radical (unpaired) electrons. The molecule has 1 aromatic heterocycles. The Hall–Kier alpha value is -1.61. The first-order chi connectivity index (χ1) is 10.1. The van der Waals surface area contributed by atoms with E-state index < -0.39 is 0 Å². The fourth-order valence-electron chi connectivity index (χ4n) is 1.17. The third kappa shape index (κ3) is 6.90. The van der Waals surface area contributed by atoms with Gasteiger partial charge in [-0.25, -0.2) is 0 Å². The number of amidine groups is 2. The minimum Gasteiger partial charge on any atom is -0.741 e. The van der Waals surface area contributed by atoms with Gasteiger partial charge in [0.2, 0.25) is 0 Å². The fourth-order valence-corrected chi connectivity index (χ4v) is 1.26. The second kappa shape index (κ2) is 11.0. The van der Waals surface area contributed by atoms with Crippen molar-refractivity contribution in [2.45, 2.75) is 6.92 Å². The molecule has 121 valence electrons. The molecule has 0 saturated carbocycles. The van der Waals surface area contributed by atoms with E-state index in [1.165, 1.54) is 0 Å². The monoisotopic (exact) mass is 384 g/mol. The number of rotatable bonds is 4. The molecule has 0 aromatic carbocycles. The quantitative estimate of drug-likeness (QED) is 0.258. The summed E-state index contributed by atoms with van der Waals surface area (Å²) in [7, 11) is 3.34. The normalized spacial score (nSPS) is 13.4. The molecule has 0 unspecified atom stereocenters. The van der Waals surface area contributed by atoms with Crippen LogP contribution < -0.4 is 10.6 Å². The predicted molar refractivity (Wildman–Crippen MR) is 91.6 cm³/mol. The molecule has 22 heavy (non-hydrogen) atoms. The summed E-state index contributed by atoms with van der Waals surface area (Å²) in [5.41, 5.74) is 1.61. The molecule has 0 aliphatic heterocycles. The average Bonchev–Trinajstić information content (AvgIpc) is 2.53. The molecule has 0 atom stereocenters. The van der Waals surface area contributed by atoms with Crippen molar-refractivity contribution in [2.75, 3.05) is 14.1 Å². The Bertz CT molecular complexity index is 584. The van der Waals surface area contributed by atoms with Gasteiger partial charge < -0.3 is 35.9 Å². The van der Waals surface area contributed by atoms with Gasteiger partial charge in [0.1, 0.15) is 5.71 Å². The Balaban J connectivity index is 0.00000441. The van der Waals surface area contributed by atoms with Crippen molar-refractivity contribution in [2.24, 2.45) is 20.4 Å². The van der Waals surface area contributed by atoms with Crippen LogP contribution in [-0.4, -0.2) is 40.8 Å². The minimum absolute atomic E-state index is 0. The number of nitrogens with zero attached hydrogens (tertiary/aromatic N) is 5. The van der Waals surface area contributed by atoms with Crippen LogP contribution in [0, 0.1) is 0 Å². The van der Waals surface area contributed by atoms with E-state index in [2.05, 4.69) is 36.0 Å². The van der Waals surface area contributed by atoms with Gasteiger partial charge in [0.15, 0.2) is 0 Å². The van der Waals surface area contributed by atoms with E-state index in [9.17, 15) is 0 Å². The Morgan fingerprint density at radius 2 is 1.59 bits per heavy atom. The zero-order chi connectivity index (χ0) is 15.7. The zero-order valence-electron chi connectivity index (χ0n) is 12.2. The Morgan fingerprint density at radius 3 is 2.09 bits per heavy atom. The second-order valence-corrected chi connectivity index (χ2v) is 4.43. The van der Waals surface area contributed by atoms with Crippen LogP contribution in [0.5, 0.6) is 0 Å². The van der Waals surface area contributed by atoms with Gasteiger partial charge in [-0.15, -0.1) is 5.10 Å². The van der Waals surface area contributed by atoms with Crippen LogP contribution in [0.2, 0.25) is 0 Å². The average molecular weight is 385 g/mol. The predicted octanol–water partition coefficient (Wildman–Crippen LogP) is 0.404. The van der Waals surface area contributed by atoms with Crippen molar-refractivity contribution >= 4 is 47.0 Å². The van der Waals surface area contributed by atoms with Crippen LogP contribution >= 0.6 is 0 Å². The van der Waals surface area contributed by atoms with E-state index in [-0.39, 0.29) is 27.4 Å². The molecule has 1 rings (SSSR count). The van der Waals surface area contributed by atoms with Crippen molar-refractivity contribution in [1.82, 2.24) is 15.6 Å². The molecule has 0 aliphatic carbocycles. The smallest absolute Gasteiger partial charge is 0.741 e. The third-order valence-electron chi connectivity index (χ3n) is 2.21. The molecule has 0 saturated heterocycles. The summed E-state index contributed by atoms with van der Waals surface area (Å²) in [6, 6.07) is 5.45. The van der Waals surface area contributed by atoms with E-state index in [1.807, 2.05) is 12.1 Å². The van der Waals surface area contributed by atoms with Gasteiger partial charge in [0.25, 0.3) is 0 Å². The topological polar surface area (TPSA) is 86.4 Å². The van der Waals surface area contributed by atoms with Crippen molar-refractivity contribution in [3.05, 3.63) is 30.1 Å².